The number of likely N-dealkylation sites (tertiary alicyclic amines) is 1. The summed E-state index contributed by atoms with van der Waals surface area (Å²) in [5, 5.41) is 0.351. The Hall–Kier alpha value is -4.48. The number of rotatable bonds is 11. The molecule has 0 spiro atoms. The van der Waals surface area contributed by atoms with Crippen LogP contribution in [0, 0.1) is 17.7 Å². The SMILES string of the molecule is CCn1cncc1Cn1c(CN2CC3C(C2)C3c2cccc(OCc3ccc(Cl)cc3F)n2)nc2c(OC)cc(C(=O)OC)cc21. The zero-order valence-corrected chi connectivity index (χ0v) is 26.6. The quantitative estimate of drug-likeness (QED) is 0.169. The van der Waals surface area contributed by atoms with Crippen LogP contribution >= 0.6 is 11.6 Å². The third-order valence-electron chi connectivity index (χ3n) is 9.11. The molecule has 3 aromatic heterocycles. The van der Waals surface area contributed by atoms with Crippen LogP contribution in [0.3, 0.4) is 0 Å². The second-order valence-corrected chi connectivity index (χ2v) is 12.2. The molecule has 2 aromatic carbocycles. The molecule has 1 saturated heterocycles. The first-order valence-electron chi connectivity index (χ1n) is 15.3. The Balaban J connectivity index is 1.09. The van der Waals surface area contributed by atoms with Gasteiger partial charge in [0.25, 0.3) is 0 Å². The Labute approximate surface area is 270 Å². The number of methoxy groups -OCH3 is 2. The minimum Gasteiger partial charge on any atom is -0.494 e. The molecule has 2 aliphatic rings. The van der Waals surface area contributed by atoms with Crippen LogP contribution in [0.5, 0.6) is 11.6 Å². The van der Waals surface area contributed by atoms with E-state index < -0.39 is 11.8 Å². The molecular formula is C34H34ClFN6O4. The van der Waals surface area contributed by atoms with Crippen molar-refractivity contribution in [1.29, 1.82) is 0 Å². The number of piperidine rings is 1. The molecule has 238 valence electrons. The first-order chi connectivity index (χ1) is 22.4. The fourth-order valence-corrected chi connectivity index (χ4v) is 6.88. The smallest absolute Gasteiger partial charge is 0.338 e. The Morgan fingerprint density at radius 3 is 2.63 bits per heavy atom. The van der Waals surface area contributed by atoms with Gasteiger partial charge in [0.15, 0.2) is 0 Å². The number of benzene rings is 2. The average Bonchev–Trinajstić information content (AvgIpc) is 3.40. The third kappa shape index (κ3) is 5.69. The number of halogens is 2. The number of aromatic nitrogens is 5. The summed E-state index contributed by atoms with van der Waals surface area (Å²) in [7, 11) is 2.95. The van der Waals surface area contributed by atoms with Crippen LogP contribution < -0.4 is 9.47 Å². The average molecular weight is 645 g/mol. The Morgan fingerprint density at radius 2 is 1.89 bits per heavy atom. The van der Waals surface area contributed by atoms with Crippen molar-refractivity contribution in [2.75, 3.05) is 27.3 Å². The first kappa shape index (κ1) is 30.2. The van der Waals surface area contributed by atoms with Gasteiger partial charge in [0.1, 0.15) is 29.5 Å². The van der Waals surface area contributed by atoms with Gasteiger partial charge < -0.3 is 23.3 Å². The van der Waals surface area contributed by atoms with E-state index >= 15 is 0 Å². The van der Waals surface area contributed by atoms with Crippen molar-refractivity contribution in [1.82, 2.24) is 29.0 Å². The van der Waals surface area contributed by atoms with E-state index in [-0.39, 0.29) is 6.61 Å². The number of ether oxygens (including phenoxy) is 3. The molecule has 4 heterocycles. The number of carbonyl (C=O) groups excluding carboxylic acids is 1. The Bertz CT molecular complexity index is 1910. The van der Waals surface area contributed by atoms with Crippen molar-refractivity contribution in [2.24, 2.45) is 11.8 Å². The Kier molecular flexibility index (Phi) is 8.12. The molecule has 1 aliphatic heterocycles. The number of carbonyl (C=O) groups is 1. The van der Waals surface area contributed by atoms with Gasteiger partial charge in [-0.3, -0.25) is 4.90 Å². The summed E-state index contributed by atoms with van der Waals surface area (Å²) in [6, 6.07) is 13.9. The van der Waals surface area contributed by atoms with E-state index in [2.05, 4.69) is 25.9 Å². The van der Waals surface area contributed by atoms with Gasteiger partial charge in [0.05, 0.1) is 50.4 Å². The highest BCUT2D eigenvalue weighted by Crippen LogP contribution is 2.58. The van der Waals surface area contributed by atoms with Crippen LogP contribution in [-0.4, -0.2) is 62.3 Å². The number of imidazole rings is 2. The molecular weight excluding hydrogens is 611 g/mol. The number of hydrogen-bond acceptors (Lipinski definition) is 8. The topological polar surface area (TPSA) is 96.5 Å². The molecule has 0 bridgehead atoms. The lowest BCUT2D eigenvalue weighted by molar-refractivity contribution is 0.0600. The predicted molar refractivity (Wildman–Crippen MR) is 170 cm³/mol. The molecule has 2 unspecified atom stereocenters. The molecule has 46 heavy (non-hydrogen) atoms. The monoisotopic (exact) mass is 644 g/mol. The molecule has 0 amide bonds. The van der Waals surface area contributed by atoms with E-state index in [4.69, 9.17) is 35.8 Å². The van der Waals surface area contributed by atoms with Gasteiger partial charge in [0.2, 0.25) is 5.88 Å². The van der Waals surface area contributed by atoms with Crippen molar-refractivity contribution < 1.29 is 23.4 Å². The van der Waals surface area contributed by atoms with Gasteiger partial charge in [-0.05, 0) is 49.1 Å². The first-order valence-corrected chi connectivity index (χ1v) is 15.6. The maximum absolute atomic E-state index is 14.2. The van der Waals surface area contributed by atoms with Gasteiger partial charge >= 0.3 is 5.97 Å². The third-order valence-corrected chi connectivity index (χ3v) is 9.35. The van der Waals surface area contributed by atoms with E-state index in [0.29, 0.717) is 64.1 Å². The van der Waals surface area contributed by atoms with Crippen LogP contribution in [0.25, 0.3) is 11.0 Å². The highest BCUT2D eigenvalue weighted by atomic mass is 35.5. The largest absolute Gasteiger partial charge is 0.494 e. The molecule has 2 atom stereocenters. The van der Waals surface area contributed by atoms with Gasteiger partial charge in [-0.15, -0.1) is 0 Å². The van der Waals surface area contributed by atoms with Crippen molar-refractivity contribution in [3.05, 3.63) is 100 Å². The molecule has 0 radical (unpaired) electrons. The van der Waals surface area contributed by atoms with E-state index in [9.17, 15) is 9.18 Å². The van der Waals surface area contributed by atoms with Crippen molar-refractivity contribution >= 4 is 28.6 Å². The fraction of sp³-hybridized carbons (Fsp3) is 0.353. The van der Waals surface area contributed by atoms with Gasteiger partial charge in [0, 0.05) is 54.1 Å². The summed E-state index contributed by atoms with van der Waals surface area (Å²) >= 11 is 5.87. The van der Waals surface area contributed by atoms with Crippen LogP contribution in [0.2, 0.25) is 5.02 Å². The van der Waals surface area contributed by atoms with E-state index in [1.165, 1.54) is 13.2 Å². The maximum atomic E-state index is 14.2. The lowest BCUT2D eigenvalue weighted by atomic mass is 10.1. The van der Waals surface area contributed by atoms with Crippen molar-refractivity contribution in [3.63, 3.8) is 0 Å². The zero-order chi connectivity index (χ0) is 31.9. The highest BCUT2D eigenvalue weighted by Gasteiger charge is 2.57. The minimum atomic E-state index is -0.431. The van der Waals surface area contributed by atoms with Gasteiger partial charge in [-0.25, -0.2) is 24.1 Å². The Morgan fingerprint density at radius 1 is 1.07 bits per heavy atom. The van der Waals surface area contributed by atoms with E-state index in [1.54, 1.807) is 31.4 Å². The summed E-state index contributed by atoms with van der Waals surface area (Å²) < 4.78 is 35.0. The van der Waals surface area contributed by atoms with Gasteiger partial charge in [-0.1, -0.05) is 23.7 Å². The summed E-state index contributed by atoms with van der Waals surface area (Å²) in [5.41, 5.74) is 4.39. The second kappa shape index (κ2) is 12.4. The summed E-state index contributed by atoms with van der Waals surface area (Å²) in [6.45, 7) is 5.99. The standard InChI is InChI=1S/C34H34ClFN6O4/c1-4-41-19-37-13-23(41)14-42-28-10-21(34(43)45-3)11-29(44-2)33(28)39-30(42)17-40-15-24-25(16-40)32(24)27-6-5-7-31(38-27)46-18-20-8-9-22(35)12-26(20)36/h5-13,19,24-25,32H,4,14-18H2,1-3H3. The van der Waals surface area contributed by atoms with Crippen LogP contribution in [-0.2, 0) is 31.0 Å². The summed E-state index contributed by atoms with van der Waals surface area (Å²) in [5.74, 6) is 2.39. The number of fused-ring (bicyclic) bond motifs is 2. The fourth-order valence-electron chi connectivity index (χ4n) is 6.72. The number of hydrogen-bond donors (Lipinski definition) is 0. The summed E-state index contributed by atoms with van der Waals surface area (Å²) in [6.07, 6.45) is 3.69. The highest BCUT2D eigenvalue weighted by molar-refractivity contribution is 6.30. The number of aryl methyl sites for hydroxylation is 1. The molecule has 1 saturated carbocycles. The lowest BCUT2D eigenvalue weighted by Gasteiger charge is -2.20. The van der Waals surface area contributed by atoms with E-state index in [1.807, 2.05) is 30.7 Å². The molecule has 1 aliphatic carbocycles. The molecule has 2 fully saturated rings. The molecule has 7 rings (SSSR count). The van der Waals surface area contributed by atoms with E-state index in [0.717, 1.165) is 42.4 Å². The van der Waals surface area contributed by atoms with Gasteiger partial charge in [-0.2, -0.15) is 0 Å². The van der Waals surface area contributed by atoms with Crippen LogP contribution in [0.4, 0.5) is 4.39 Å². The molecule has 5 aromatic rings. The number of pyridine rings is 1. The minimum absolute atomic E-state index is 0.0801. The normalized spacial score (nSPS) is 18.9. The molecule has 10 nitrogen and oxygen atoms in total. The lowest BCUT2D eigenvalue weighted by Crippen LogP contribution is -2.26. The molecule has 12 heteroatoms. The van der Waals surface area contributed by atoms with Crippen molar-refractivity contribution in [2.45, 2.75) is 39.1 Å². The predicted octanol–water partition coefficient (Wildman–Crippen LogP) is 5.71. The van der Waals surface area contributed by atoms with Crippen molar-refractivity contribution in [3.8, 4) is 11.6 Å². The number of nitrogens with zero attached hydrogens (tertiary/aromatic N) is 6. The second-order valence-electron chi connectivity index (χ2n) is 11.8. The maximum Gasteiger partial charge on any atom is 0.338 e. The number of esters is 1. The van der Waals surface area contributed by atoms with Crippen LogP contribution in [0.15, 0.2) is 61.1 Å². The molecule has 0 N–H and O–H groups in total. The zero-order valence-electron chi connectivity index (χ0n) is 25.8. The van der Waals surface area contributed by atoms with Crippen LogP contribution in [0.1, 0.15) is 46.0 Å². The summed E-state index contributed by atoms with van der Waals surface area (Å²) in [4.78, 5) is 29.1.